The van der Waals surface area contributed by atoms with Crippen molar-refractivity contribution in [3.8, 4) is 0 Å². The fourth-order valence-corrected chi connectivity index (χ4v) is 1.43. The minimum Gasteiger partial charge on any atom is -0.358 e. The van der Waals surface area contributed by atoms with Gasteiger partial charge in [0, 0.05) is 6.92 Å². The van der Waals surface area contributed by atoms with Crippen LogP contribution < -0.4 is 0 Å². The molecule has 0 aliphatic carbocycles. The van der Waals surface area contributed by atoms with Crippen molar-refractivity contribution in [2.24, 2.45) is 0 Å². The van der Waals surface area contributed by atoms with Gasteiger partial charge in [-0.2, -0.15) is 0 Å². The first kappa shape index (κ1) is 9.32. The van der Waals surface area contributed by atoms with E-state index in [2.05, 4.69) is 4.98 Å². The third-order valence-electron chi connectivity index (χ3n) is 2.09. The van der Waals surface area contributed by atoms with E-state index in [9.17, 15) is 14.9 Å². The molecular formula is C9H7N3O3. The highest BCUT2D eigenvalue weighted by Crippen LogP contribution is 2.18. The number of carbonyl (C=O) groups excluding carboxylic acids is 1. The Morgan fingerprint density at radius 3 is 2.87 bits per heavy atom. The minimum absolute atomic E-state index is 0.159. The highest BCUT2D eigenvalue weighted by Gasteiger charge is 2.17. The van der Waals surface area contributed by atoms with E-state index in [0.717, 1.165) is 0 Å². The third-order valence-corrected chi connectivity index (χ3v) is 2.09. The van der Waals surface area contributed by atoms with Gasteiger partial charge in [0.25, 0.3) is 0 Å². The smallest absolute Gasteiger partial charge is 0.358 e. The summed E-state index contributed by atoms with van der Waals surface area (Å²) in [6.45, 7) is 1.40. The van der Waals surface area contributed by atoms with Crippen LogP contribution in [0.5, 0.6) is 0 Å². The van der Waals surface area contributed by atoms with Gasteiger partial charge >= 0.3 is 5.82 Å². The molecule has 6 nitrogen and oxygen atoms in total. The molecule has 2 rings (SSSR count). The van der Waals surface area contributed by atoms with Gasteiger partial charge in [0.15, 0.2) is 5.78 Å². The standard InChI is InChI=1S/C9H7N3O3/c1-6(13)7-3-2-4-8-9(12(14)15)10-5-11(7)8/h2-5H,1H3. The summed E-state index contributed by atoms with van der Waals surface area (Å²) >= 11 is 0. The monoisotopic (exact) mass is 205 g/mol. The Hall–Kier alpha value is -2.24. The van der Waals surface area contributed by atoms with E-state index >= 15 is 0 Å². The first-order valence-electron chi connectivity index (χ1n) is 4.22. The second-order valence-corrected chi connectivity index (χ2v) is 3.05. The molecular weight excluding hydrogens is 198 g/mol. The highest BCUT2D eigenvalue weighted by molar-refractivity contribution is 5.93. The van der Waals surface area contributed by atoms with Crippen LogP contribution in [0.15, 0.2) is 24.5 Å². The van der Waals surface area contributed by atoms with Crippen molar-refractivity contribution >= 4 is 17.1 Å². The van der Waals surface area contributed by atoms with Crippen LogP contribution >= 0.6 is 0 Å². The molecule has 0 atom stereocenters. The molecule has 0 radical (unpaired) electrons. The van der Waals surface area contributed by atoms with E-state index in [-0.39, 0.29) is 11.6 Å². The quantitative estimate of drug-likeness (QED) is 0.422. The summed E-state index contributed by atoms with van der Waals surface area (Å²) in [5.41, 5.74) is 0.709. The van der Waals surface area contributed by atoms with Crippen LogP contribution in [-0.2, 0) is 0 Å². The van der Waals surface area contributed by atoms with Gasteiger partial charge in [0.2, 0.25) is 6.33 Å². The lowest BCUT2D eigenvalue weighted by Crippen LogP contribution is -2.00. The number of aromatic nitrogens is 2. The number of imidazole rings is 1. The zero-order valence-corrected chi connectivity index (χ0v) is 7.88. The topological polar surface area (TPSA) is 77.5 Å². The van der Waals surface area contributed by atoms with Crippen LogP contribution in [-0.4, -0.2) is 20.1 Å². The maximum Gasteiger partial charge on any atom is 0.389 e. The number of rotatable bonds is 2. The van der Waals surface area contributed by atoms with Crippen LogP contribution in [0, 0.1) is 10.1 Å². The van der Waals surface area contributed by atoms with Gasteiger partial charge in [0.05, 0.1) is 5.69 Å². The number of nitrogens with zero attached hydrogens (tertiary/aromatic N) is 3. The summed E-state index contributed by atoms with van der Waals surface area (Å²) in [6, 6.07) is 4.75. The van der Waals surface area contributed by atoms with E-state index in [1.807, 2.05) is 0 Å². The van der Waals surface area contributed by atoms with Gasteiger partial charge in [-0.15, -0.1) is 0 Å². The van der Waals surface area contributed by atoms with Crippen LogP contribution in [0.25, 0.3) is 5.52 Å². The van der Waals surface area contributed by atoms with Crippen molar-refractivity contribution in [3.63, 3.8) is 0 Å². The van der Waals surface area contributed by atoms with Crippen molar-refractivity contribution < 1.29 is 9.72 Å². The number of carbonyl (C=O) groups is 1. The molecule has 0 N–H and O–H groups in total. The second kappa shape index (κ2) is 3.16. The van der Waals surface area contributed by atoms with Crippen molar-refractivity contribution in [3.05, 3.63) is 40.3 Å². The van der Waals surface area contributed by atoms with Crippen molar-refractivity contribution in [2.75, 3.05) is 0 Å². The maximum atomic E-state index is 11.2. The molecule has 0 unspecified atom stereocenters. The molecule has 2 aromatic rings. The van der Waals surface area contributed by atoms with Gasteiger partial charge in [-0.3, -0.25) is 9.20 Å². The van der Waals surface area contributed by atoms with Gasteiger partial charge in [-0.25, -0.2) is 0 Å². The lowest BCUT2D eigenvalue weighted by molar-refractivity contribution is -0.387. The maximum absolute atomic E-state index is 11.2. The van der Waals surface area contributed by atoms with Crippen LogP contribution in [0.2, 0.25) is 0 Å². The molecule has 76 valence electrons. The summed E-state index contributed by atoms with van der Waals surface area (Å²) < 4.78 is 1.42. The summed E-state index contributed by atoms with van der Waals surface area (Å²) in [5, 5.41) is 10.6. The van der Waals surface area contributed by atoms with E-state index in [1.54, 1.807) is 18.2 Å². The van der Waals surface area contributed by atoms with E-state index in [0.29, 0.717) is 11.2 Å². The Morgan fingerprint density at radius 1 is 1.53 bits per heavy atom. The molecule has 2 heterocycles. The number of nitro groups is 1. The Kier molecular flexibility index (Phi) is 1.96. The molecule has 0 saturated carbocycles. The Bertz CT molecular complexity index is 559. The lowest BCUT2D eigenvalue weighted by atomic mass is 10.2. The summed E-state index contributed by atoms with van der Waals surface area (Å²) in [5.74, 6) is -0.397. The van der Waals surface area contributed by atoms with Crippen LogP contribution in [0.4, 0.5) is 5.82 Å². The van der Waals surface area contributed by atoms with Crippen molar-refractivity contribution in [2.45, 2.75) is 6.92 Å². The zero-order valence-electron chi connectivity index (χ0n) is 7.88. The lowest BCUT2D eigenvalue weighted by Gasteiger charge is -1.98. The van der Waals surface area contributed by atoms with Gasteiger partial charge in [-0.05, 0) is 22.0 Å². The fraction of sp³-hybridized carbons (Fsp3) is 0.111. The number of hydrogen-bond donors (Lipinski definition) is 0. The Labute approximate surface area is 84.3 Å². The van der Waals surface area contributed by atoms with Gasteiger partial charge < -0.3 is 10.1 Å². The molecule has 6 heteroatoms. The number of fused-ring (bicyclic) bond motifs is 1. The predicted octanol–water partition coefficient (Wildman–Crippen LogP) is 1.45. The first-order valence-corrected chi connectivity index (χ1v) is 4.22. The molecule has 0 saturated heterocycles. The normalized spacial score (nSPS) is 10.5. The molecule has 0 fully saturated rings. The largest absolute Gasteiger partial charge is 0.389 e. The third kappa shape index (κ3) is 1.35. The number of ketones is 1. The van der Waals surface area contributed by atoms with Crippen molar-refractivity contribution in [1.29, 1.82) is 0 Å². The Morgan fingerprint density at radius 2 is 2.27 bits per heavy atom. The SMILES string of the molecule is CC(=O)c1cccc2c([N+](=O)[O-])ncn12. The average Bonchev–Trinajstić information content (AvgIpc) is 2.59. The van der Waals surface area contributed by atoms with Gasteiger partial charge in [0.1, 0.15) is 5.52 Å². The Balaban J connectivity index is 2.80. The van der Waals surface area contributed by atoms with Crippen LogP contribution in [0.1, 0.15) is 17.4 Å². The molecule has 0 bridgehead atoms. The van der Waals surface area contributed by atoms with E-state index < -0.39 is 4.92 Å². The summed E-state index contributed by atoms with van der Waals surface area (Å²) in [6.07, 6.45) is 1.28. The fourth-order valence-electron chi connectivity index (χ4n) is 1.43. The van der Waals surface area contributed by atoms with Crippen LogP contribution in [0.3, 0.4) is 0 Å². The highest BCUT2D eigenvalue weighted by atomic mass is 16.6. The predicted molar refractivity (Wildman–Crippen MR) is 51.9 cm³/mol. The molecule has 2 aromatic heterocycles. The van der Waals surface area contributed by atoms with E-state index in [4.69, 9.17) is 0 Å². The average molecular weight is 205 g/mol. The number of Topliss-reactive ketones (excluding diaryl/α,β-unsaturated/α-hetero) is 1. The zero-order chi connectivity index (χ0) is 11.0. The second-order valence-electron chi connectivity index (χ2n) is 3.05. The molecule has 0 aliphatic heterocycles. The molecule has 0 spiro atoms. The number of hydrogen-bond acceptors (Lipinski definition) is 4. The molecule has 0 aliphatic rings. The molecule has 0 amide bonds. The first-order chi connectivity index (χ1) is 7.11. The minimum atomic E-state index is -0.570. The summed E-state index contributed by atoms with van der Waals surface area (Å²) in [4.78, 5) is 24.9. The molecule has 0 aromatic carbocycles. The number of pyridine rings is 1. The van der Waals surface area contributed by atoms with Crippen molar-refractivity contribution in [1.82, 2.24) is 9.38 Å². The van der Waals surface area contributed by atoms with Gasteiger partial charge in [-0.1, -0.05) is 6.07 Å². The van der Waals surface area contributed by atoms with E-state index in [1.165, 1.54) is 17.7 Å². The molecule has 15 heavy (non-hydrogen) atoms. The summed E-state index contributed by atoms with van der Waals surface area (Å²) in [7, 11) is 0.